The fourth-order valence-electron chi connectivity index (χ4n) is 1.21. The van der Waals surface area contributed by atoms with Gasteiger partial charge in [0.25, 0.3) is 0 Å². The molecule has 0 aliphatic rings. The van der Waals surface area contributed by atoms with E-state index >= 15 is 0 Å². The molecule has 1 atom stereocenters. The van der Waals surface area contributed by atoms with E-state index in [9.17, 15) is 26.3 Å². The molecule has 0 saturated carbocycles. The highest BCUT2D eigenvalue weighted by Gasteiger charge is 2.37. The van der Waals surface area contributed by atoms with E-state index in [-0.39, 0.29) is 11.6 Å². The van der Waals surface area contributed by atoms with Gasteiger partial charge in [0, 0.05) is 3.92 Å². The molecule has 0 nitrogen and oxygen atoms in total. The minimum absolute atomic E-state index is 0.00718. The Morgan fingerprint density at radius 3 is 1.47 bits per heavy atom. The highest BCUT2D eigenvalue weighted by molar-refractivity contribution is 14.1. The van der Waals surface area contributed by atoms with Crippen LogP contribution in [0.4, 0.5) is 26.3 Å². The van der Waals surface area contributed by atoms with Crippen LogP contribution in [0.5, 0.6) is 0 Å². The molecule has 96 valence electrons. The smallest absolute Gasteiger partial charge is 0.166 e. The van der Waals surface area contributed by atoms with Crippen molar-refractivity contribution >= 4 is 22.6 Å². The van der Waals surface area contributed by atoms with Crippen molar-refractivity contribution in [2.45, 2.75) is 23.2 Å². The van der Waals surface area contributed by atoms with Gasteiger partial charge in [-0.3, -0.25) is 0 Å². The highest BCUT2D eigenvalue weighted by atomic mass is 127. The Kier molecular flexibility index (Phi) is 4.00. The van der Waals surface area contributed by atoms with Crippen molar-refractivity contribution in [2.75, 3.05) is 0 Å². The van der Waals surface area contributed by atoms with Gasteiger partial charge in [0.15, 0.2) is 0 Å². The third-order valence-electron chi connectivity index (χ3n) is 2.07. The van der Waals surface area contributed by atoms with E-state index in [1.807, 2.05) is 0 Å². The predicted octanol–water partition coefficient (Wildman–Crippen LogP) is 5.22. The Morgan fingerprint density at radius 2 is 1.24 bits per heavy atom. The summed E-state index contributed by atoms with van der Waals surface area (Å²) in [6.45, 7) is 1.52. The van der Waals surface area contributed by atoms with Crippen LogP contribution >= 0.6 is 22.6 Å². The standard InChI is InChI=1S/C10H7F6I/c1-5(17)6-2-7(9(11,12)13)4-8(3-6)10(14,15)16/h2-5H,1H3. The monoisotopic (exact) mass is 368 g/mol. The zero-order valence-corrected chi connectivity index (χ0v) is 10.6. The fraction of sp³-hybridized carbons (Fsp3) is 0.400. The predicted molar refractivity (Wildman–Crippen MR) is 58.9 cm³/mol. The van der Waals surface area contributed by atoms with Crippen LogP contribution in [-0.2, 0) is 12.4 Å². The summed E-state index contributed by atoms with van der Waals surface area (Å²) < 4.78 is 74.1. The van der Waals surface area contributed by atoms with Crippen molar-refractivity contribution in [3.63, 3.8) is 0 Å². The molecular formula is C10H7F6I. The number of alkyl halides is 7. The van der Waals surface area contributed by atoms with Crippen LogP contribution in [0.1, 0.15) is 27.5 Å². The molecule has 1 aromatic rings. The van der Waals surface area contributed by atoms with Crippen LogP contribution in [0.2, 0.25) is 0 Å². The third kappa shape index (κ3) is 3.75. The molecule has 0 aromatic heterocycles. The molecule has 1 aromatic carbocycles. The Hall–Kier alpha value is -0.470. The molecule has 0 spiro atoms. The zero-order chi connectivity index (χ0) is 13.4. The van der Waals surface area contributed by atoms with Gasteiger partial charge in [0.05, 0.1) is 11.1 Å². The van der Waals surface area contributed by atoms with Gasteiger partial charge in [-0.25, -0.2) is 0 Å². The van der Waals surface area contributed by atoms with Crippen molar-refractivity contribution in [2.24, 2.45) is 0 Å². The first-order valence-corrected chi connectivity index (χ1v) is 5.70. The van der Waals surface area contributed by atoms with Crippen molar-refractivity contribution in [1.82, 2.24) is 0 Å². The molecule has 0 saturated heterocycles. The minimum atomic E-state index is -4.78. The lowest BCUT2D eigenvalue weighted by Gasteiger charge is -2.15. The molecular weight excluding hydrogens is 361 g/mol. The number of halogens is 7. The van der Waals surface area contributed by atoms with Gasteiger partial charge >= 0.3 is 12.4 Å². The molecule has 0 bridgehead atoms. The number of benzene rings is 1. The average Bonchev–Trinajstić information content (AvgIpc) is 2.14. The number of hydrogen-bond acceptors (Lipinski definition) is 0. The van der Waals surface area contributed by atoms with E-state index in [1.54, 1.807) is 22.6 Å². The molecule has 0 fully saturated rings. The summed E-state index contributed by atoms with van der Waals surface area (Å²) in [5.74, 6) is 0. The van der Waals surface area contributed by atoms with Crippen LogP contribution in [0.3, 0.4) is 0 Å². The first-order chi connectivity index (χ1) is 7.51. The maximum Gasteiger partial charge on any atom is 0.416 e. The van der Waals surface area contributed by atoms with Gasteiger partial charge in [-0.15, -0.1) is 0 Å². The Labute approximate surface area is 107 Å². The van der Waals surface area contributed by atoms with Gasteiger partial charge in [-0.1, -0.05) is 22.6 Å². The lowest BCUT2D eigenvalue weighted by atomic mass is 10.0. The lowest BCUT2D eigenvalue weighted by molar-refractivity contribution is -0.143. The summed E-state index contributed by atoms with van der Waals surface area (Å²) in [6, 6.07) is 1.61. The van der Waals surface area contributed by atoms with Gasteiger partial charge in [-0.2, -0.15) is 26.3 Å². The molecule has 1 unspecified atom stereocenters. The molecule has 0 aliphatic carbocycles. The summed E-state index contributed by atoms with van der Waals surface area (Å²) in [5.41, 5.74) is -2.54. The Morgan fingerprint density at radius 1 is 0.882 bits per heavy atom. The summed E-state index contributed by atoms with van der Waals surface area (Å²) in [5, 5.41) is 0. The molecule has 1 rings (SSSR count). The summed E-state index contributed by atoms with van der Waals surface area (Å²) in [4.78, 5) is 0. The van der Waals surface area contributed by atoms with Crippen LogP contribution in [0, 0.1) is 0 Å². The van der Waals surface area contributed by atoms with Crippen molar-refractivity contribution in [3.8, 4) is 0 Å². The first-order valence-electron chi connectivity index (χ1n) is 4.45. The largest absolute Gasteiger partial charge is 0.416 e. The van der Waals surface area contributed by atoms with Crippen LogP contribution in [0.15, 0.2) is 18.2 Å². The van der Waals surface area contributed by atoms with Crippen LogP contribution in [0.25, 0.3) is 0 Å². The van der Waals surface area contributed by atoms with Crippen molar-refractivity contribution < 1.29 is 26.3 Å². The molecule has 0 radical (unpaired) electrons. The topological polar surface area (TPSA) is 0 Å². The zero-order valence-electron chi connectivity index (χ0n) is 8.46. The molecule has 7 heteroatoms. The fourth-order valence-corrected chi connectivity index (χ4v) is 1.57. The average molecular weight is 368 g/mol. The van der Waals surface area contributed by atoms with E-state index < -0.39 is 27.4 Å². The maximum absolute atomic E-state index is 12.4. The molecule has 17 heavy (non-hydrogen) atoms. The van der Waals surface area contributed by atoms with Gasteiger partial charge in [0.2, 0.25) is 0 Å². The normalized spacial score (nSPS) is 14.8. The van der Waals surface area contributed by atoms with E-state index in [0.29, 0.717) is 0 Å². The SMILES string of the molecule is CC(I)c1cc(C(F)(F)F)cc(C(F)(F)F)c1. The first kappa shape index (κ1) is 14.6. The van der Waals surface area contributed by atoms with Gasteiger partial charge in [-0.05, 0) is 30.7 Å². The molecule has 0 amide bonds. The van der Waals surface area contributed by atoms with E-state index in [2.05, 4.69) is 0 Å². The van der Waals surface area contributed by atoms with E-state index in [1.165, 1.54) is 6.92 Å². The van der Waals surface area contributed by atoms with Crippen LogP contribution < -0.4 is 0 Å². The maximum atomic E-state index is 12.4. The summed E-state index contributed by atoms with van der Waals surface area (Å²) in [6.07, 6.45) is -9.55. The minimum Gasteiger partial charge on any atom is -0.166 e. The summed E-state index contributed by atoms with van der Waals surface area (Å²) in [7, 11) is 0. The Bertz CT molecular complexity index is 372. The second-order valence-electron chi connectivity index (χ2n) is 3.46. The van der Waals surface area contributed by atoms with Crippen molar-refractivity contribution in [1.29, 1.82) is 0 Å². The van der Waals surface area contributed by atoms with E-state index in [0.717, 1.165) is 12.1 Å². The van der Waals surface area contributed by atoms with Crippen LogP contribution in [-0.4, -0.2) is 0 Å². The molecule has 0 heterocycles. The molecule has 0 N–H and O–H groups in total. The summed E-state index contributed by atoms with van der Waals surface area (Å²) >= 11 is 1.76. The second-order valence-corrected chi connectivity index (χ2v) is 5.32. The van der Waals surface area contributed by atoms with Gasteiger partial charge < -0.3 is 0 Å². The van der Waals surface area contributed by atoms with Gasteiger partial charge in [0.1, 0.15) is 0 Å². The number of rotatable bonds is 1. The lowest BCUT2D eigenvalue weighted by Crippen LogP contribution is -2.11. The highest BCUT2D eigenvalue weighted by Crippen LogP contribution is 2.38. The quantitative estimate of drug-likeness (QED) is 0.362. The van der Waals surface area contributed by atoms with Crippen molar-refractivity contribution in [3.05, 3.63) is 34.9 Å². The number of hydrogen-bond donors (Lipinski definition) is 0. The molecule has 0 aliphatic heterocycles. The second kappa shape index (κ2) is 4.66. The Balaban J connectivity index is 3.40. The van der Waals surface area contributed by atoms with E-state index in [4.69, 9.17) is 0 Å². The third-order valence-corrected chi connectivity index (χ3v) is 2.79.